The fraction of sp³-hybridized carbons (Fsp3) is 0.486. The van der Waals surface area contributed by atoms with Gasteiger partial charge in [-0.25, -0.2) is 15.4 Å². The summed E-state index contributed by atoms with van der Waals surface area (Å²) in [5.41, 5.74) is 4.24. The molecule has 0 bridgehead atoms. The molecule has 1 saturated heterocycles. The maximum Gasteiger partial charge on any atom is 0.318 e. The largest absolute Gasteiger partial charge is 0.461 e. The number of hydrogen-bond donors (Lipinski definition) is 0. The van der Waals surface area contributed by atoms with Crippen molar-refractivity contribution in [1.82, 2.24) is 14.9 Å². The number of benzene rings is 2. The maximum absolute atomic E-state index is 13.7. The summed E-state index contributed by atoms with van der Waals surface area (Å²) >= 11 is 0. The van der Waals surface area contributed by atoms with Gasteiger partial charge in [0.05, 0.1) is 24.4 Å². The van der Waals surface area contributed by atoms with Crippen LogP contribution in [0.1, 0.15) is 43.0 Å². The summed E-state index contributed by atoms with van der Waals surface area (Å²) in [7, 11) is 0. The van der Waals surface area contributed by atoms with Crippen molar-refractivity contribution >= 4 is 28.2 Å². The lowest BCUT2D eigenvalue weighted by Gasteiger charge is -2.41. The summed E-state index contributed by atoms with van der Waals surface area (Å²) in [5.74, 6) is -2.11. The number of aromatic nitrogens is 2. The van der Waals surface area contributed by atoms with Crippen LogP contribution in [0.3, 0.4) is 0 Å². The number of aryl methyl sites for hydroxylation is 1. The van der Waals surface area contributed by atoms with Crippen LogP contribution in [0.5, 0.6) is 6.01 Å². The molecule has 242 valence electrons. The van der Waals surface area contributed by atoms with Gasteiger partial charge in [-0.3, -0.25) is 4.79 Å². The molecule has 0 radical (unpaired) electrons. The minimum Gasteiger partial charge on any atom is -0.461 e. The van der Waals surface area contributed by atoms with Crippen molar-refractivity contribution in [3.63, 3.8) is 0 Å². The van der Waals surface area contributed by atoms with Gasteiger partial charge in [0.1, 0.15) is 18.5 Å². The van der Waals surface area contributed by atoms with Crippen LogP contribution in [0.15, 0.2) is 49.1 Å². The molecule has 9 nitrogen and oxygen atoms in total. The summed E-state index contributed by atoms with van der Waals surface area (Å²) in [4.78, 5) is 32.1. The number of anilines is 2. The van der Waals surface area contributed by atoms with Gasteiger partial charge in [0.25, 0.3) is 5.92 Å². The van der Waals surface area contributed by atoms with E-state index >= 15 is 0 Å². The lowest BCUT2D eigenvalue weighted by Crippen LogP contribution is -2.56. The zero-order valence-corrected chi connectivity index (χ0v) is 26.4. The number of nitrogens with zero attached hydrogens (tertiary/aromatic N) is 6. The Balaban J connectivity index is 1.29. The number of halogens is 2. The number of fused-ring (bicyclic) bond motifs is 2. The molecule has 1 aromatic heterocycles. The summed E-state index contributed by atoms with van der Waals surface area (Å²) in [6.45, 7) is 18.1. The van der Waals surface area contributed by atoms with E-state index in [0.29, 0.717) is 39.0 Å². The van der Waals surface area contributed by atoms with E-state index in [1.165, 1.54) is 22.4 Å². The van der Waals surface area contributed by atoms with Gasteiger partial charge in [0, 0.05) is 55.7 Å². The average molecular weight is 631 g/mol. The Morgan fingerprint density at radius 3 is 2.74 bits per heavy atom. The van der Waals surface area contributed by atoms with Gasteiger partial charge in [-0.05, 0) is 49.8 Å². The fourth-order valence-corrected chi connectivity index (χ4v) is 6.99. The average Bonchev–Trinajstić information content (AvgIpc) is 3.40. The Kier molecular flexibility index (Phi) is 9.09. The van der Waals surface area contributed by atoms with Crippen LogP contribution >= 0.6 is 0 Å². The highest BCUT2D eigenvalue weighted by molar-refractivity contribution is 5.97. The maximum atomic E-state index is 13.7. The third-order valence-corrected chi connectivity index (χ3v) is 9.23. The van der Waals surface area contributed by atoms with E-state index in [1.54, 1.807) is 4.90 Å². The van der Waals surface area contributed by atoms with Crippen molar-refractivity contribution in [2.45, 2.75) is 70.2 Å². The number of alkyl halides is 2. The second-order valence-electron chi connectivity index (χ2n) is 12.5. The molecular weight excluding hydrogens is 590 g/mol. The molecule has 11 heteroatoms. The van der Waals surface area contributed by atoms with Crippen molar-refractivity contribution in [2.24, 2.45) is 0 Å². The van der Waals surface area contributed by atoms with Crippen LogP contribution in [0.2, 0.25) is 0 Å². The number of hydrogen-bond acceptors (Lipinski definition) is 7. The molecule has 3 aliphatic rings. The van der Waals surface area contributed by atoms with E-state index in [2.05, 4.69) is 64.5 Å². The molecule has 6 rings (SSSR count). The highest BCUT2D eigenvalue weighted by Gasteiger charge is 2.40. The first-order valence-electron chi connectivity index (χ1n) is 16.0. The van der Waals surface area contributed by atoms with Crippen LogP contribution in [-0.2, 0) is 22.5 Å². The fourth-order valence-electron chi connectivity index (χ4n) is 6.99. The quantitative estimate of drug-likeness (QED) is 0.225. The molecule has 1 aliphatic carbocycles. The van der Waals surface area contributed by atoms with Crippen LogP contribution in [0.4, 0.5) is 20.3 Å². The smallest absolute Gasteiger partial charge is 0.318 e. The first-order chi connectivity index (χ1) is 22.2. The molecule has 1 saturated carbocycles. The lowest BCUT2D eigenvalue weighted by molar-refractivity contribution is -0.128. The van der Waals surface area contributed by atoms with Gasteiger partial charge in [0.2, 0.25) is 12.5 Å². The molecule has 0 spiro atoms. The highest BCUT2D eigenvalue weighted by Crippen LogP contribution is 2.38. The molecule has 1 unspecified atom stereocenters. The topological polar surface area (TPSA) is 75.4 Å². The van der Waals surface area contributed by atoms with Gasteiger partial charge in [-0.15, -0.1) is 0 Å². The normalized spacial score (nSPS) is 21.5. The van der Waals surface area contributed by atoms with E-state index in [1.807, 2.05) is 6.92 Å². The van der Waals surface area contributed by atoms with E-state index in [4.69, 9.17) is 26.0 Å². The number of rotatable bonds is 9. The second-order valence-corrected chi connectivity index (χ2v) is 12.5. The molecule has 2 aromatic carbocycles. The predicted octanol–water partition coefficient (Wildman–Crippen LogP) is 5.60. The Labute approximate surface area is 268 Å². The van der Waals surface area contributed by atoms with Crippen molar-refractivity contribution in [3.05, 3.63) is 77.3 Å². The number of carbonyl (C=O) groups is 1. The van der Waals surface area contributed by atoms with Gasteiger partial charge < -0.3 is 29.0 Å². The SMILES string of the molecule is [C-]#[N+]C[C@H]1CN(c2nc(OC[C@H](C)OC3CCC(F)(F)C3)nc3c2CCN(c2cccc4cccc(C)c24)C3)CCN1C(=O)C=C. The zero-order chi connectivity index (χ0) is 32.4. The van der Waals surface area contributed by atoms with Crippen molar-refractivity contribution < 1.29 is 23.0 Å². The van der Waals surface area contributed by atoms with Crippen molar-refractivity contribution in [3.8, 4) is 6.01 Å². The van der Waals surface area contributed by atoms with Gasteiger partial charge in [-0.2, -0.15) is 9.97 Å². The van der Waals surface area contributed by atoms with Gasteiger partial charge in [0.15, 0.2) is 0 Å². The van der Waals surface area contributed by atoms with E-state index in [-0.39, 0.29) is 44.0 Å². The van der Waals surface area contributed by atoms with Crippen LogP contribution in [-0.4, -0.2) is 84.3 Å². The van der Waals surface area contributed by atoms with E-state index in [0.717, 1.165) is 29.3 Å². The number of carbonyl (C=O) groups excluding carboxylic acids is 1. The summed E-state index contributed by atoms with van der Waals surface area (Å²) in [6, 6.07) is 12.6. The first-order valence-corrected chi connectivity index (χ1v) is 16.0. The minimum absolute atomic E-state index is 0.120. The van der Waals surface area contributed by atoms with E-state index in [9.17, 15) is 13.6 Å². The number of ether oxygens (including phenoxy) is 2. The summed E-state index contributed by atoms with van der Waals surface area (Å²) < 4.78 is 39.4. The monoisotopic (exact) mass is 630 g/mol. The second kappa shape index (κ2) is 13.2. The van der Waals surface area contributed by atoms with Crippen molar-refractivity contribution in [2.75, 3.05) is 49.1 Å². The third-order valence-electron chi connectivity index (χ3n) is 9.23. The third kappa shape index (κ3) is 6.63. The Morgan fingerprint density at radius 2 is 2.00 bits per heavy atom. The Hall–Kier alpha value is -4.30. The van der Waals surface area contributed by atoms with Crippen LogP contribution in [0, 0.1) is 13.5 Å². The molecule has 2 aliphatic heterocycles. The molecule has 3 aromatic rings. The molecule has 3 atom stereocenters. The highest BCUT2D eigenvalue weighted by atomic mass is 19.3. The predicted molar refractivity (Wildman–Crippen MR) is 173 cm³/mol. The number of piperazine rings is 1. The van der Waals surface area contributed by atoms with Crippen LogP contribution in [0.25, 0.3) is 15.6 Å². The first kappa shape index (κ1) is 31.7. The Bertz CT molecular complexity index is 1650. The molecular formula is C35H40F2N6O3. The molecule has 0 N–H and O–H groups in total. The lowest BCUT2D eigenvalue weighted by atomic mass is 9.99. The standard InChI is InChI=1S/C35H40F2N6O3/c1-5-31(44)43-17-16-42(20-26(43)19-38-4)33-28-13-15-41(30-11-7-10-25-9-6-8-23(2)32(25)30)21-29(28)39-34(40-33)45-22-24(3)46-27-12-14-35(36,37)18-27/h5-11,24,26-27H,1,12-22H2,2-3H3/t24-,26-,27?/m0/s1. The molecule has 46 heavy (non-hydrogen) atoms. The summed E-state index contributed by atoms with van der Waals surface area (Å²) in [6.07, 6.45) is 0.981. The van der Waals surface area contributed by atoms with Gasteiger partial charge >= 0.3 is 6.01 Å². The minimum atomic E-state index is -2.68. The van der Waals surface area contributed by atoms with E-state index < -0.39 is 18.1 Å². The van der Waals surface area contributed by atoms with Crippen LogP contribution < -0.4 is 14.5 Å². The summed E-state index contributed by atoms with van der Waals surface area (Å²) in [5, 5.41) is 2.40. The van der Waals surface area contributed by atoms with Gasteiger partial charge in [-0.1, -0.05) is 36.9 Å². The van der Waals surface area contributed by atoms with Crippen molar-refractivity contribution in [1.29, 1.82) is 0 Å². The molecule has 2 fully saturated rings. The zero-order valence-electron chi connectivity index (χ0n) is 26.4. The number of amides is 1. The molecule has 1 amide bonds. The molecule has 3 heterocycles. The Morgan fingerprint density at radius 1 is 1.20 bits per heavy atom.